The van der Waals surface area contributed by atoms with Gasteiger partial charge in [0, 0.05) is 9.46 Å². The molecule has 0 aliphatic rings. The number of benzene rings is 1. The quantitative estimate of drug-likeness (QED) is 0.370. The van der Waals surface area contributed by atoms with Crippen LogP contribution in [0.1, 0.15) is 0 Å². The van der Waals surface area contributed by atoms with Crippen LogP contribution in [0.3, 0.4) is 0 Å². The average Bonchev–Trinajstić information content (AvgIpc) is 2.28. The summed E-state index contributed by atoms with van der Waals surface area (Å²) in [6.07, 6.45) is 1.73. The van der Waals surface area contributed by atoms with Crippen LogP contribution in [-0.2, 0) is 23.4 Å². The normalized spacial score (nSPS) is 12.5. The van der Waals surface area contributed by atoms with Crippen molar-refractivity contribution in [2.45, 2.75) is 9.79 Å². The molecule has 6 nitrogen and oxygen atoms in total. The van der Waals surface area contributed by atoms with Crippen molar-refractivity contribution in [3.63, 3.8) is 0 Å². The fourth-order valence-electron chi connectivity index (χ4n) is 1.02. The van der Waals surface area contributed by atoms with Gasteiger partial charge in [0.05, 0.1) is 0 Å². The van der Waals surface area contributed by atoms with Gasteiger partial charge in [0.25, 0.3) is 0 Å². The minimum atomic E-state index is -3.98. The predicted molar refractivity (Wildman–Crippen MR) is 62.3 cm³/mol. The summed E-state index contributed by atoms with van der Waals surface area (Å²) in [4.78, 5) is 8.86. The van der Waals surface area contributed by atoms with E-state index >= 15 is 0 Å². The molecular formula is C8H10O6PS2+. The lowest BCUT2D eigenvalue weighted by atomic mass is 10.4. The lowest BCUT2D eigenvalue weighted by molar-refractivity contribution is 0.121. The lowest BCUT2D eigenvalue weighted by Crippen LogP contribution is -2.09. The van der Waals surface area contributed by atoms with E-state index in [1.165, 1.54) is 17.8 Å². The zero-order chi connectivity index (χ0) is 12.9. The highest BCUT2D eigenvalue weighted by atomic mass is 32.2. The first-order valence-corrected chi connectivity index (χ1v) is 8.05. The maximum atomic E-state index is 11.7. The van der Waals surface area contributed by atoms with Crippen LogP contribution in [0, 0.1) is 0 Å². The van der Waals surface area contributed by atoms with Gasteiger partial charge in [-0.1, -0.05) is 16.7 Å². The monoisotopic (exact) mass is 297 g/mol. The van der Waals surface area contributed by atoms with E-state index in [9.17, 15) is 13.0 Å². The molecule has 1 unspecified atom stereocenters. The van der Waals surface area contributed by atoms with Crippen LogP contribution in [0.25, 0.3) is 0 Å². The van der Waals surface area contributed by atoms with Crippen LogP contribution in [0.15, 0.2) is 34.1 Å². The standard InChI is InChI=1S/C8H9O6PS2/c1-16-7-4-2-3-5-8(7)17(11,12)14-6-13-15(9)10/h2-5H,6H2,1H3/p+1. The first-order chi connectivity index (χ1) is 7.97. The van der Waals surface area contributed by atoms with Crippen molar-refractivity contribution in [2.24, 2.45) is 0 Å². The molecule has 0 heterocycles. The molecule has 0 fully saturated rings. The molecule has 0 aliphatic carbocycles. The van der Waals surface area contributed by atoms with Gasteiger partial charge in [0.2, 0.25) is 6.79 Å². The third-order valence-electron chi connectivity index (χ3n) is 1.70. The van der Waals surface area contributed by atoms with Crippen LogP contribution >= 0.6 is 20.0 Å². The fraction of sp³-hybridized carbons (Fsp3) is 0.250. The maximum absolute atomic E-state index is 11.7. The summed E-state index contributed by atoms with van der Waals surface area (Å²) in [5.74, 6) is 0. The third kappa shape index (κ3) is 4.34. The molecule has 0 bridgehead atoms. The molecule has 0 aromatic heterocycles. The van der Waals surface area contributed by atoms with Crippen molar-refractivity contribution < 1.29 is 26.6 Å². The Kier molecular flexibility index (Phi) is 5.51. The first-order valence-electron chi connectivity index (χ1n) is 4.29. The molecule has 9 heteroatoms. The molecule has 1 aromatic rings. The minimum Gasteiger partial charge on any atom is -0.232 e. The average molecular weight is 297 g/mol. The Morgan fingerprint density at radius 1 is 1.41 bits per heavy atom. The van der Waals surface area contributed by atoms with Gasteiger partial charge in [-0.15, -0.1) is 16.7 Å². The van der Waals surface area contributed by atoms with E-state index in [-0.39, 0.29) is 4.90 Å². The van der Waals surface area contributed by atoms with Crippen molar-refractivity contribution in [2.75, 3.05) is 13.0 Å². The highest BCUT2D eigenvalue weighted by Gasteiger charge is 2.21. The fourth-order valence-corrected chi connectivity index (χ4v) is 3.13. The number of rotatable bonds is 6. The number of thioether (sulfide) groups is 1. The Bertz CT molecular complexity index is 500. The van der Waals surface area contributed by atoms with E-state index < -0.39 is 25.2 Å². The van der Waals surface area contributed by atoms with E-state index in [2.05, 4.69) is 8.71 Å². The van der Waals surface area contributed by atoms with Gasteiger partial charge >= 0.3 is 18.4 Å². The maximum Gasteiger partial charge on any atom is 0.697 e. The van der Waals surface area contributed by atoms with Gasteiger partial charge in [-0.3, -0.25) is 0 Å². The molecule has 1 rings (SSSR count). The van der Waals surface area contributed by atoms with Gasteiger partial charge in [0.1, 0.15) is 4.90 Å². The summed E-state index contributed by atoms with van der Waals surface area (Å²) in [5, 5.41) is 0. The van der Waals surface area contributed by atoms with Crippen LogP contribution in [-0.4, -0.2) is 26.4 Å². The molecule has 0 saturated carbocycles. The second kappa shape index (κ2) is 6.44. The van der Waals surface area contributed by atoms with Crippen molar-refractivity contribution in [3.8, 4) is 0 Å². The Labute approximate surface area is 104 Å². The molecule has 0 radical (unpaired) electrons. The Morgan fingerprint density at radius 3 is 2.65 bits per heavy atom. The first kappa shape index (κ1) is 14.6. The van der Waals surface area contributed by atoms with Gasteiger partial charge < -0.3 is 0 Å². The van der Waals surface area contributed by atoms with Gasteiger partial charge in [-0.25, -0.2) is 4.18 Å². The molecule has 0 spiro atoms. The van der Waals surface area contributed by atoms with Gasteiger partial charge in [0.15, 0.2) is 0 Å². The Balaban J connectivity index is 2.86. The van der Waals surface area contributed by atoms with E-state index in [0.717, 1.165) is 0 Å². The molecule has 1 N–H and O–H groups in total. The van der Waals surface area contributed by atoms with Crippen LogP contribution < -0.4 is 0 Å². The van der Waals surface area contributed by atoms with Gasteiger partial charge in [-0.2, -0.15) is 8.42 Å². The molecule has 0 saturated heterocycles. The molecular weight excluding hydrogens is 287 g/mol. The van der Waals surface area contributed by atoms with Gasteiger partial charge in [-0.05, 0) is 18.4 Å². The topological polar surface area (TPSA) is 89.9 Å². The predicted octanol–water partition coefficient (Wildman–Crippen LogP) is 1.74. The number of hydrogen-bond donors (Lipinski definition) is 1. The third-order valence-corrected chi connectivity index (χ3v) is 4.26. The van der Waals surface area contributed by atoms with Crippen molar-refractivity contribution in [1.82, 2.24) is 0 Å². The summed E-state index contributed by atoms with van der Waals surface area (Å²) in [5.41, 5.74) is 0. The van der Waals surface area contributed by atoms with E-state index in [0.29, 0.717) is 4.90 Å². The van der Waals surface area contributed by atoms with E-state index in [1.54, 1.807) is 24.5 Å². The molecule has 0 amide bonds. The molecule has 1 aromatic carbocycles. The highest BCUT2D eigenvalue weighted by molar-refractivity contribution is 7.99. The summed E-state index contributed by atoms with van der Waals surface area (Å²) in [6.45, 7) is -0.795. The summed E-state index contributed by atoms with van der Waals surface area (Å²) in [6, 6.07) is 6.28. The second-order valence-electron chi connectivity index (χ2n) is 2.71. The van der Waals surface area contributed by atoms with Crippen molar-refractivity contribution >= 4 is 30.1 Å². The molecule has 17 heavy (non-hydrogen) atoms. The van der Waals surface area contributed by atoms with Crippen molar-refractivity contribution in [1.29, 1.82) is 0 Å². The Hall–Kier alpha value is -0.500. The van der Waals surface area contributed by atoms with Crippen LogP contribution in [0.4, 0.5) is 0 Å². The van der Waals surface area contributed by atoms with Crippen molar-refractivity contribution in [3.05, 3.63) is 24.3 Å². The smallest absolute Gasteiger partial charge is 0.232 e. The highest BCUT2D eigenvalue weighted by Crippen LogP contribution is 2.26. The van der Waals surface area contributed by atoms with E-state index in [4.69, 9.17) is 4.89 Å². The largest absolute Gasteiger partial charge is 0.697 e. The molecule has 0 aliphatic heterocycles. The molecule has 1 atom stereocenters. The zero-order valence-corrected chi connectivity index (χ0v) is 11.3. The minimum absolute atomic E-state index is 0.00395. The summed E-state index contributed by atoms with van der Waals surface area (Å²) >= 11 is 1.26. The summed E-state index contributed by atoms with van der Waals surface area (Å²) < 4.78 is 42.2. The van der Waals surface area contributed by atoms with Crippen LogP contribution in [0.5, 0.6) is 0 Å². The van der Waals surface area contributed by atoms with E-state index in [1.807, 2.05) is 0 Å². The Morgan fingerprint density at radius 2 is 2.06 bits per heavy atom. The number of hydrogen-bond acceptors (Lipinski definition) is 6. The SMILES string of the molecule is CSc1ccccc1S(=O)(=O)OCO[P+](=O)O. The zero-order valence-electron chi connectivity index (χ0n) is 8.77. The van der Waals surface area contributed by atoms with Crippen LogP contribution in [0.2, 0.25) is 0 Å². The lowest BCUT2D eigenvalue weighted by Gasteiger charge is -2.06. The summed E-state index contributed by atoms with van der Waals surface area (Å²) in [7, 11) is -6.86. The second-order valence-corrected chi connectivity index (χ2v) is 5.87. The molecule has 94 valence electrons.